The Morgan fingerprint density at radius 2 is 1.64 bits per heavy atom. The molecule has 1 N–H and O–H groups in total. The van der Waals surface area contributed by atoms with Gasteiger partial charge in [0, 0.05) is 42.8 Å². The van der Waals surface area contributed by atoms with Crippen molar-refractivity contribution in [3.05, 3.63) is 64.1 Å². The first-order valence-corrected chi connectivity index (χ1v) is 11.6. The molecule has 5 nitrogen and oxygen atoms in total. The Kier molecular flexibility index (Phi) is 6.88. The zero-order chi connectivity index (χ0) is 20.1. The maximum Gasteiger partial charge on any atom is 0.229 e. The topological polar surface area (TPSA) is 52.7 Å². The molecule has 1 aliphatic heterocycles. The zero-order valence-electron chi connectivity index (χ0n) is 15.6. The fourth-order valence-corrected chi connectivity index (χ4v) is 4.00. The Bertz CT molecular complexity index is 938. The predicted octanol–water partition coefficient (Wildman–Crippen LogP) is 4.20. The van der Waals surface area contributed by atoms with E-state index in [-0.39, 0.29) is 0 Å². The quantitative estimate of drug-likeness (QED) is 0.732. The summed E-state index contributed by atoms with van der Waals surface area (Å²) in [4.78, 5) is 4.52. The lowest BCUT2D eigenvalue weighted by atomic mass is 10.2. The summed E-state index contributed by atoms with van der Waals surface area (Å²) >= 11 is 12.0. The highest BCUT2D eigenvalue weighted by Gasteiger charge is 2.20. The van der Waals surface area contributed by atoms with Gasteiger partial charge in [-0.05, 0) is 35.9 Å². The van der Waals surface area contributed by atoms with Gasteiger partial charge < -0.3 is 4.90 Å². The highest BCUT2D eigenvalue weighted by molar-refractivity contribution is 7.92. The molecule has 28 heavy (non-hydrogen) atoms. The molecule has 2 aromatic carbocycles. The second kappa shape index (κ2) is 9.18. The van der Waals surface area contributed by atoms with Gasteiger partial charge in [-0.1, -0.05) is 47.5 Å². The monoisotopic (exact) mass is 439 g/mol. The van der Waals surface area contributed by atoms with E-state index in [4.69, 9.17) is 23.2 Å². The number of piperazine rings is 1. The Hall–Kier alpha value is -1.73. The van der Waals surface area contributed by atoms with E-state index >= 15 is 0 Å². The molecule has 1 aliphatic rings. The Balaban J connectivity index is 1.59. The van der Waals surface area contributed by atoms with Crippen LogP contribution >= 0.6 is 23.2 Å². The van der Waals surface area contributed by atoms with Crippen LogP contribution in [0.1, 0.15) is 5.56 Å². The molecule has 0 atom stereocenters. The van der Waals surface area contributed by atoms with Gasteiger partial charge in [-0.2, -0.15) is 0 Å². The second-order valence-electron chi connectivity index (χ2n) is 6.78. The van der Waals surface area contributed by atoms with E-state index in [1.807, 2.05) is 30.3 Å². The van der Waals surface area contributed by atoms with Crippen LogP contribution < -0.4 is 9.62 Å². The molecule has 1 fully saturated rings. The Labute approximate surface area is 176 Å². The number of nitrogens with zero attached hydrogens (tertiary/aromatic N) is 2. The zero-order valence-corrected chi connectivity index (χ0v) is 17.9. The summed E-state index contributed by atoms with van der Waals surface area (Å²) in [5.41, 5.74) is 2.50. The minimum atomic E-state index is -3.35. The third-order valence-corrected chi connectivity index (χ3v) is 5.59. The molecule has 0 saturated carbocycles. The van der Waals surface area contributed by atoms with E-state index in [1.165, 1.54) is 0 Å². The molecule has 0 aromatic heterocycles. The number of hydrogen-bond acceptors (Lipinski definition) is 4. The first kappa shape index (κ1) is 21.0. The van der Waals surface area contributed by atoms with Crippen LogP contribution in [0.5, 0.6) is 0 Å². The van der Waals surface area contributed by atoms with E-state index in [2.05, 4.69) is 26.7 Å². The third kappa shape index (κ3) is 6.14. The van der Waals surface area contributed by atoms with Gasteiger partial charge in [0.25, 0.3) is 0 Å². The van der Waals surface area contributed by atoms with Gasteiger partial charge in [0.15, 0.2) is 0 Å². The van der Waals surface area contributed by atoms with Crippen molar-refractivity contribution in [3.63, 3.8) is 0 Å². The first-order chi connectivity index (χ1) is 13.3. The summed E-state index contributed by atoms with van der Waals surface area (Å²) in [5, 5.41) is 1.32. The fourth-order valence-electron chi connectivity index (χ4n) is 3.14. The van der Waals surface area contributed by atoms with E-state index in [9.17, 15) is 8.42 Å². The molecule has 0 amide bonds. The van der Waals surface area contributed by atoms with Gasteiger partial charge in [-0.3, -0.25) is 9.62 Å². The van der Waals surface area contributed by atoms with Crippen LogP contribution in [-0.4, -0.2) is 52.3 Å². The summed E-state index contributed by atoms with van der Waals surface area (Å²) in [7, 11) is -3.35. The van der Waals surface area contributed by atoms with Crippen molar-refractivity contribution in [1.82, 2.24) is 4.90 Å². The number of nitrogens with one attached hydrogen (secondary N) is 1. The second-order valence-corrected chi connectivity index (χ2v) is 9.40. The normalized spacial score (nSPS) is 15.9. The average Bonchev–Trinajstić information content (AvgIpc) is 2.64. The first-order valence-electron chi connectivity index (χ1n) is 8.97. The number of hydrogen-bond donors (Lipinski definition) is 1. The summed E-state index contributed by atoms with van der Waals surface area (Å²) in [5.74, 6) is 0. The lowest BCUT2D eigenvalue weighted by Gasteiger charge is -2.36. The molecule has 1 saturated heterocycles. The largest absolute Gasteiger partial charge is 0.367 e. The van der Waals surface area contributed by atoms with Crippen molar-refractivity contribution < 1.29 is 8.42 Å². The van der Waals surface area contributed by atoms with Crippen LogP contribution in [-0.2, 0) is 10.0 Å². The van der Waals surface area contributed by atoms with E-state index in [1.54, 1.807) is 12.1 Å². The van der Waals surface area contributed by atoms with E-state index in [0.717, 1.165) is 55.3 Å². The molecule has 0 spiro atoms. The van der Waals surface area contributed by atoms with Crippen LogP contribution in [0.3, 0.4) is 0 Å². The molecule has 0 aliphatic carbocycles. The van der Waals surface area contributed by atoms with Crippen molar-refractivity contribution in [2.75, 3.05) is 48.6 Å². The van der Waals surface area contributed by atoms with E-state index in [0.29, 0.717) is 10.7 Å². The molecular weight excluding hydrogens is 417 g/mol. The number of sulfonamides is 1. The molecular formula is C20H23Cl2N3O2S. The summed E-state index contributed by atoms with van der Waals surface area (Å²) in [6.45, 7) is 4.23. The molecule has 1 heterocycles. The van der Waals surface area contributed by atoms with Crippen LogP contribution in [0.2, 0.25) is 10.0 Å². The van der Waals surface area contributed by atoms with Gasteiger partial charge >= 0.3 is 0 Å². The van der Waals surface area contributed by atoms with Crippen molar-refractivity contribution in [3.8, 4) is 0 Å². The summed E-state index contributed by atoms with van der Waals surface area (Å²) in [6, 6.07) is 13.0. The minimum absolute atomic E-state index is 0.558. The molecule has 2 aromatic rings. The SMILES string of the molecule is CS(=O)(=O)Nc1ccc(Cl)cc1N1CCN(C/C=C/c2ccc(Cl)cc2)CC1. The van der Waals surface area contributed by atoms with Gasteiger partial charge in [-0.25, -0.2) is 8.42 Å². The van der Waals surface area contributed by atoms with Crippen LogP contribution in [0.4, 0.5) is 11.4 Å². The Morgan fingerprint density at radius 3 is 2.29 bits per heavy atom. The lowest BCUT2D eigenvalue weighted by molar-refractivity contribution is 0.284. The summed E-state index contributed by atoms with van der Waals surface area (Å²) in [6.07, 6.45) is 5.39. The Morgan fingerprint density at radius 1 is 1.00 bits per heavy atom. The lowest BCUT2D eigenvalue weighted by Crippen LogP contribution is -2.46. The van der Waals surface area contributed by atoms with Crippen LogP contribution in [0, 0.1) is 0 Å². The molecule has 0 radical (unpaired) electrons. The number of halogens is 2. The van der Waals surface area contributed by atoms with Crippen molar-refractivity contribution in [1.29, 1.82) is 0 Å². The maximum absolute atomic E-state index is 11.6. The highest BCUT2D eigenvalue weighted by atomic mass is 35.5. The summed E-state index contributed by atoms with van der Waals surface area (Å²) < 4.78 is 25.9. The standard InChI is InChI=1S/C20H23Cl2N3O2S/c1-28(26,27)23-19-9-8-18(22)15-20(19)25-13-11-24(12-14-25)10-2-3-16-4-6-17(21)7-5-16/h2-9,15,23H,10-14H2,1H3/b3-2+. The van der Waals surface area contributed by atoms with Crippen LogP contribution in [0.15, 0.2) is 48.5 Å². The third-order valence-electron chi connectivity index (χ3n) is 4.51. The smallest absolute Gasteiger partial charge is 0.229 e. The van der Waals surface area contributed by atoms with Crippen molar-refractivity contribution >= 4 is 50.7 Å². The van der Waals surface area contributed by atoms with Gasteiger partial charge in [-0.15, -0.1) is 0 Å². The molecule has 0 bridgehead atoms. The number of rotatable bonds is 6. The molecule has 8 heteroatoms. The number of anilines is 2. The molecule has 3 rings (SSSR count). The predicted molar refractivity (Wildman–Crippen MR) is 119 cm³/mol. The minimum Gasteiger partial charge on any atom is -0.367 e. The van der Waals surface area contributed by atoms with Gasteiger partial charge in [0.05, 0.1) is 17.6 Å². The van der Waals surface area contributed by atoms with Crippen molar-refractivity contribution in [2.45, 2.75) is 0 Å². The highest BCUT2D eigenvalue weighted by Crippen LogP contribution is 2.30. The fraction of sp³-hybridized carbons (Fsp3) is 0.300. The molecule has 150 valence electrons. The average molecular weight is 440 g/mol. The molecule has 0 unspecified atom stereocenters. The van der Waals surface area contributed by atoms with Gasteiger partial charge in [0.2, 0.25) is 10.0 Å². The van der Waals surface area contributed by atoms with Gasteiger partial charge in [0.1, 0.15) is 0 Å². The maximum atomic E-state index is 11.6. The van der Waals surface area contributed by atoms with Crippen molar-refractivity contribution in [2.24, 2.45) is 0 Å². The van der Waals surface area contributed by atoms with E-state index < -0.39 is 10.0 Å². The van der Waals surface area contributed by atoms with Crippen LogP contribution in [0.25, 0.3) is 6.08 Å². The number of benzene rings is 2.